The van der Waals surface area contributed by atoms with Crippen molar-refractivity contribution in [3.63, 3.8) is 0 Å². The number of primary amides is 1. The third-order valence-electron chi connectivity index (χ3n) is 2.92. The van der Waals surface area contributed by atoms with Crippen molar-refractivity contribution in [3.8, 4) is 0 Å². The average Bonchev–Trinajstić information content (AvgIpc) is 2.52. The van der Waals surface area contributed by atoms with Crippen LogP contribution in [0.3, 0.4) is 0 Å². The van der Waals surface area contributed by atoms with Gasteiger partial charge in [0.2, 0.25) is 5.91 Å². The van der Waals surface area contributed by atoms with Gasteiger partial charge in [0.25, 0.3) is 0 Å². The molecule has 0 spiro atoms. The minimum Gasteiger partial charge on any atom is -0.366 e. The van der Waals surface area contributed by atoms with E-state index in [1.165, 1.54) is 24.3 Å². The Morgan fingerprint density at radius 2 is 1.86 bits per heavy atom. The van der Waals surface area contributed by atoms with Gasteiger partial charge in [0.1, 0.15) is 5.82 Å². The third kappa shape index (κ3) is 3.98. The number of nitrogens with one attached hydrogen (secondary N) is 1. The number of halogens is 1. The maximum atomic E-state index is 13.0. The molecular weight excluding hydrogens is 305 g/mol. The minimum atomic E-state index is -0.548. The summed E-state index contributed by atoms with van der Waals surface area (Å²) < 4.78 is 14.1. The van der Waals surface area contributed by atoms with Crippen molar-refractivity contribution in [1.29, 1.82) is 0 Å². The second kappa shape index (κ2) is 6.95. The number of thiol groups is 1. The predicted molar refractivity (Wildman–Crippen MR) is 85.1 cm³/mol. The van der Waals surface area contributed by atoms with Crippen LogP contribution in [0.15, 0.2) is 48.5 Å². The fourth-order valence-electron chi connectivity index (χ4n) is 1.78. The summed E-state index contributed by atoms with van der Waals surface area (Å²) in [6.07, 6.45) is 0. The maximum absolute atomic E-state index is 13.0. The van der Waals surface area contributed by atoms with E-state index in [9.17, 15) is 14.0 Å². The Bertz CT molecular complexity index is 691. The summed E-state index contributed by atoms with van der Waals surface area (Å²) >= 11 is 4.10. The molecule has 2 aromatic carbocycles. The molecule has 0 saturated carbocycles. The third-order valence-corrected chi connectivity index (χ3v) is 3.33. The molecule has 5 nitrogen and oxygen atoms in total. The zero-order chi connectivity index (χ0) is 16.1. The van der Waals surface area contributed by atoms with Crippen molar-refractivity contribution in [2.45, 2.75) is 6.54 Å². The monoisotopic (exact) mass is 319 g/mol. The number of anilines is 1. The highest BCUT2D eigenvalue weighted by molar-refractivity contribution is 7.82. The maximum Gasteiger partial charge on any atom is 0.332 e. The molecule has 0 unspecified atom stereocenters. The highest BCUT2D eigenvalue weighted by atomic mass is 32.1. The van der Waals surface area contributed by atoms with Crippen LogP contribution in [0, 0.1) is 5.82 Å². The lowest BCUT2D eigenvalue weighted by molar-refractivity contribution is 0.100. The van der Waals surface area contributed by atoms with E-state index in [4.69, 9.17) is 5.73 Å². The summed E-state index contributed by atoms with van der Waals surface area (Å²) in [5, 5.41) is 2.61. The van der Waals surface area contributed by atoms with E-state index in [0.717, 1.165) is 4.31 Å². The summed E-state index contributed by atoms with van der Waals surface area (Å²) in [5.41, 5.74) is 6.60. The predicted octanol–water partition coefficient (Wildman–Crippen LogP) is 2.49. The topological polar surface area (TPSA) is 75.4 Å². The largest absolute Gasteiger partial charge is 0.366 e. The van der Waals surface area contributed by atoms with Gasteiger partial charge in [-0.2, -0.15) is 0 Å². The Kier molecular flexibility index (Phi) is 5.00. The number of carbonyl (C=O) groups is 2. The van der Waals surface area contributed by atoms with Gasteiger partial charge in [-0.05, 0) is 42.0 Å². The number of urea groups is 1. The van der Waals surface area contributed by atoms with E-state index >= 15 is 0 Å². The first kappa shape index (κ1) is 15.8. The zero-order valence-electron chi connectivity index (χ0n) is 11.5. The molecule has 0 saturated heterocycles. The molecule has 7 heteroatoms. The molecule has 22 heavy (non-hydrogen) atoms. The van der Waals surface area contributed by atoms with Gasteiger partial charge in [0.15, 0.2) is 0 Å². The van der Waals surface area contributed by atoms with Crippen LogP contribution in [0.1, 0.15) is 15.9 Å². The quantitative estimate of drug-likeness (QED) is 0.757. The first-order valence-corrected chi connectivity index (χ1v) is 6.78. The van der Waals surface area contributed by atoms with Crippen LogP contribution in [0.2, 0.25) is 0 Å². The highest BCUT2D eigenvalue weighted by Crippen LogP contribution is 2.17. The van der Waals surface area contributed by atoms with Crippen LogP contribution in [0.5, 0.6) is 0 Å². The van der Waals surface area contributed by atoms with E-state index in [0.29, 0.717) is 16.8 Å². The van der Waals surface area contributed by atoms with Crippen LogP contribution >= 0.6 is 12.8 Å². The van der Waals surface area contributed by atoms with Gasteiger partial charge in [-0.1, -0.05) is 24.9 Å². The first-order chi connectivity index (χ1) is 10.5. The second-order valence-electron chi connectivity index (χ2n) is 4.51. The lowest BCUT2D eigenvalue weighted by Gasteiger charge is -2.16. The lowest BCUT2D eigenvalue weighted by atomic mass is 10.2. The Morgan fingerprint density at radius 3 is 2.45 bits per heavy atom. The standard InChI is InChI=1S/C15H14FN3O2S/c16-12-3-1-2-10(8-12)9-18-15(21)19(22)13-6-4-11(5-7-13)14(17)20/h1-8,22H,9H2,(H2,17,20)(H,18,21). The smallest absolute Gasteiger partial charge is 0.332 e. The van der Waals surface area contributed by atoms with Crippen molar-refractivity contribution in [2.24, 2.45) is 5.73 Å². The average molecular weight is 319 g/mol. The Morgan fingerprint density at radius 1 is 1.18 bits per heavy atom. The minimum absolute atomic E-state index is 0.174. The SMILES string of the molecule is NC(=O)c1ccc(N(S)C(=O)NCc2cccc(F)c2)cc1. The van der Waals surface area contributed by atoms with Crippen LogP contribution in [0.25, 0.3) is 0 Å². The molecule has 0 aliphatic rings. The number of amides is 3. The van der Waals surface area contributed by atoms with E-state index in [1.54, 1.807) is 24.3 Å². The van der Waals surface area contributed by atoms with Crippen molar-refractivity contribution in [2.75, 3.05) is 4.31 Å². The number of nitrogens with zero attached hydrogens (tertiary/aromatic N) is 1. The molecular formula is C15H14FN3O2S. The van der Waals surface area contributed by atoms with Crippen LogP contribution < -0.4 is 15.4 Å². The number of hydrogen-bond acceptors (Lipinski definition) is 3. The molecule has 0 fully saturated rings. The van der Waals surface area contributed by atoms with E-state index in [-0.39, 0.29) is 12.4 Å². The van der Waals surface area contributed by atoms with Gasteiger partial charge >= 0.3 is 6.03 Å². The first-order valence-electron chi connectivity index (χ1n) is 6.38. The van der Waals surface area contributed by atoms with E-state index < -0.39 is 11.9 Å². The normalized spacial score (nSPS) is 10.1. The van der Waals surface area contributed by atoms with Crippen LogP contribution in [0.4, 0.5) is 14.9 Å². The molecule has 0 aliphatic heterocycles. The fourth-order valence-corrected chi connectivity index (χ4v) is 1.99. The summed E-state index contributed by atoms with van der Waals surface area (Å²) in [7, 11) is 0. The van der Waals surface area contributed by atoms with Crippen molar-refractivity contribution in [3.05, 3.63) is 65.5 Å². The summed E-state index contributed by atoms with van der Waals surface area (Å²) in [4.78, 5) is 23.0. The molecule has 0 aromatic heterocycles. The van der Waals surface area contributed by atoms with Crippen molar-refractivity contribution >= 4 is 30.4 Å². The van der Waals surface area contributed by atoms with E-state index in [1.807, 2.05) is 0 Å². The van der Waals surface area contributed by atoms with Crippen LogP contribution in [-0.4, -0.2) is 11.9 Å². The summed E-state index contributed by atoms with van der Waals surface area (Å²) in [6.45, 7) is 0.174. The fraction of sp³-hybridized carbons (Fsp3) is 0.0667. The summed E-state index contributed by atoms with van der Waals surface area (Å²) in [5.74, 6) is -0.913. The van der Waals surface area contributed by atoms with Gasteiger partial charge in [0.05, 0.1) is 5.69 Å². The number of hydrogen-bond donors (Lipinski definition) is 3. The molecule has 3 amide bonds. The molecule has 0 aliphatic carbocycles. The molecule has 0 bridgehead atoms. The number of benzene rings is 2. The van der Waals surface area contributed by atoms with Gasteiger partial charge in [-0.3, -0.25) is 4.79 Å². The van der Waals surface area contributed by atoms with Gasteiger partial charge < -0.3 is 11.1 Å². The highest BCUT2D eigenvalue weighted by Gasteiger charge is 2.12. The molecule has 0 atom stereocenters. The van der Waals surface area contributed by atoms with E-state index in [2.05, 4.69) is 18.1 Å². The summed E-state index contributed by atoms with van der Waals surface area (Å²) in [6, 6.07) is 11.6. The molecule has 0 heterocycles. The van der Waals surface area contributed by atoms with Crippen molar-refractivity contribution in [1.82, 2.24) is 5.32 Å². The molecule has 2 rings (SSSR count). The Balaban J connectivity index is 1.98. The number of nitrogens with two attached hydrogens (primary N) is 1. The Hall–Kier alpha value is -2.54. The van der Waals surface area contributed by atoms with Crippen molar-refractivity contribution < 1.29 is 14.0 Å². The van der Waals surface area contributed by atoms with Gasteiger partial charge in [-0.15, -0.1) is 0 Å². The van der Waals surface area contributed by atoms with Crippen LogP contribution in [-0.2, 0) is 6.54 Å². The zero-order valence-corrected chi connectivity index (χ0v) is 12.4. The van der Waals surface area contributed by atoms with Gasteiger partial charge in [-0.25, -0.2) is 13.5 Å². The number of rotatable bonds is 4. The number of carbonyl (C=O) groups excluding carboxylic acids is 2. The Labute approximate surface area is 132 Å². The lowest BCUT2D eigenvalue weighted by Crippen LogP contribution is -2.33. The molecule has 2 aromatic rings. The second-order valence-corrected chi connectivity index (χ2v) is 4.91. The van der Waals surface area contributed by atoms with Gasteiger partial charge in [0, 0.05) is 12.1 Å². The molecule has 0 radical (unpaired) electrons. The molecule has 114 valence electrons. The molecule has 3 N–H and O–H groups in total.